The average molecular weight is 544 g/mol. The van der Waals surface area contributed by atoms with Crippen molar-refractivity contribution in [1.82, 2.24) is 9.47 Å². The van der Waals surface area contributed by atoms with Crippen molar-refractivity contribution in [2.75, 3.05) is 26.7 Å². The summed E-state index contributed by atoms with van der Waals surface area (Å²) >= 11 is 0. The van der Waals surface area contributed by atoms with Crippen LogP contribution in [0, 0.1) is 10.1 Å². The average Bonchev–Trinajstić information content (AvgIpc) is 3.35. The van der Waals surface area contributed by atoms with Gasteiger partial charge in [-0.2, -0.15) is 0 Å². The first kappa shape index (κ1) is 27.5. The van der Waals surface area contributed by atoms with E-state index in [1.807, 2.05) is 18.2 Å². The zero-order valence-corrected chi connectivity index (χ0v) is 23.5. The lowest BCUT2D eigenvalue weighted by Gasteiger charge is -2.32. The summed E-state index contributed by atoms with van der Waals surface area (Å²) in [5, 5.41) is 12.2. The summed E-state index contributed by atoms with van der Waals surface area (Å²) in [5.41, 5.74) is 3.31. The molecule has 0 saturated carbocycles. The number of methoxy groups -OCH3 is 1. The quantitative estimate of drug-likeness (QED) is 0.143. The molecule has 1 aromatic heterocycles. The Kier molecular flexibility index (Phi) is 8.55. The Bertz CT molecular complexity index is 1460. The first-order valence-corrected chi connectivity index (χ1v) is 14.1. The molecule has 5 rings (SSSR count). The number of nitro benzene ring substituents is 1. The van der Waals surface area contributed by atoms with E-state index in [9.17, 15) is 10.1 Å². The molecule has 0 bridgehead atoms. The molecule has 3 aromatic carbocycles. The van der Waals surface area contributed by atoms with E-state index in [1.165, 1.54) is 38.6 Å². The molecular formula is C32H37N3O5. The molecule has 1 aliphatic heterocycles. The molecule has 1 saturated heterocycles. The van der Waals surface area contributed by atoms with Crippen LogP contribution in [0.3, 0.4) is 0 Å². The number of hydrogen-bond acceptors (Lipinski definition) is 6. The highest BCUT2D eigenvalue weighted by Crippen LogP contribution is 2.37. The molecule has 0 unspecified atom stereocenters. The second-order valence-corrected chi connectivity index (χ2v) is 10.2. The van der Waals surface area contributed by atoms with Gasteiger partial charge in [0.2, 0.25) is 0 Å². The molecule has 1 aliphatic rings. The van der Waals surface area contributed by atoms with Crippen molar-refractivity contribution < 1.29 is 19.1 Å². The Morgan fingerprint density at radius 3 is 2.35 bits per heavy atom. The summed E-state index contributed by atoms with van der Waals surface area (Å²) in [6, 6.07) is 20.8. The summed E-state index contributed by atoms with van der Waals surface area (Å²) in [6.07, 6.45) is 4.94. The lowest BCUT2D eigenvalue weighted by molar-refractivity contribution is -0.384. The predicted octanol–water partition coefficient (Wildman–Crippen LogP) is 7.68. The molecule has 210 valence electrons. The largest absolute Gasteiger partial charge is 0.493 e. The molecule has 0 amide bonds. The number of nitrogens with zero attached hydrogens (tertiary/aromatic N) is 3. The highest BCUT2D eigenvalue weighted by molar-refractivity contribution is 5.88. The monoisotopic (exact) mass is 543 g/mol. The van der Waals surface area contributed by atoms with Gasteiger partial charge in [-0.3, -0.25) is 10.1 Å². The molecule has 1 fully saturated rings. The van der Waals surface area contributed by atoms with Crippen LogP contribution >= 0.6 is 0 Å². The number of piperidine rings is 1. The van der Waals surface area contributed by atoms with Gasteiger partial charge in [0.15, 0.2) is 11.5 Å². The number of rotatable bonds is 11. The maximum Gasteiger partial charge on any atom is 0.273 e. The van der Waals surface area contributed by atoms with E-state index < -0.39 is 4.92 Å². The van der Waals surface area contributed by atoms with Crippen molar-refractivity contribution in [1.29, 1.82) is 0 Å². The minimum atomic E-state index is -0.454. The third-order valence-corrected chi connectivity index (χ3v) is 7.59. The number of fused-ring (bicyclic) bond motifs is 1. The van der Waals surface area contributed by atoms with E-state index in [1.54, 1.807) is 6.07 Å². The lowest BCUT2D eigenvalue weighted by atomic mass is 10.1. The Morgan fingerprint density at radius 2 is 1.68 bits per heavy atom. The van der Waals surface area contributed by atoms with Gasteiger partial charge < -0.3 is 23.7 Å². The summed E-state index contributed by atoms with van der Waals surface area (Å²) in [4.78, 5) is 13.2. The first-order chi connectivity index (χ1) is 19.5. The molecule has 0 aliphatic carbocycles. The maximum atomic E-state index is 11.1. The Balaban J connectivity index is 1.31. The smallest absolute Gasteiger partial charge is 0.273 e. The third kappa shape index (κ3) is 6.07. The molecule has 4 aromatic rings. The lowest BCUT2D eigenvalue weighted by Crippen LogP contribution is -2.38. The SMILES string of the molecule is CCCCN1CCC(Oc2ccc(-c3cc4cc(Oc5ccc([N+](=O)[O-])cc5OC)ccc4n3CC)cc2)CC1. The molecular weight excluding hydrogens is 506 g/mol. The number of nitro groups is 1. The summed E-state index contributed by atoms with van der Waals surface area (Å²) in [7, 11) is 1.47. The molecule has 0 radical (unpaired) electrons. The number of ether oxygens (including phenoxy) is 3. The van der Waals surface area contributed by atoms with E-state index in [-0.39, 0.29) is 11.8 Å². The minimum absolute atomic E-state index is 0.0477. The topological polar surface area (TPSA) is 79.0 Å². The van der Waals surface area contributed by atoms with Crippen LogP contribution in [0.25, 0.3) is 22.2 Å². The number of aromatic nitrogens is 1. The van der Waals surface area contributed by atoms with E-state index in [0.717, 1.165) is 60.4 Å². The molecule has 0 N–H and O–H groups in total. The second kappa shape index (κ2) is 12.4. The molecule has 2 heterocycles. The number of likely N-dealkylation sites (tertiary alicyclic amines) is 1. The first-order valence-electron chi connectivity index (χ1n) is 14.1. The van der Waals surface area contributed by atoms with Gasteiger partial charge in [-0.05, 0) is 92.9 Å². The molecule has 8 nitrogen and oxygen atoms in total. The van der Waals surface area contributed by atoms with Gasteiger partial charge in [0.1, 0.15) is 17.6 Å². The van der Waals surface area contributed by atoms with Crippen LogP contribution in [-0.4, -0.2) is 47.2 Å². The maximum absolute atomic E-state index is 11.1. The van der Waals surface area contributed by atoms with E-state index in [0.29, 0.717) is 17.2 Å². The van der Waals surface area contributed by atoms with Crippen LogP contribution in [0.1, 0.15) is 39.5 Å². The Labute approximate surface area is 235 Å². The van der Waals surface area contributed by atoms with Gasteiger partial charge in [0.25, 0.3) is 5.69 Å². The van der Waals surface area contributed by atoms with Crippen molar-refractivity contribution in [3.63, 3.8) is 0 Å². The highest BCUT2D eigenvalue weighted by Gasteiger charge is 2.20. The van der Waals surface area contributed by atoms with Gasteiger partial charge in [-0.1, -0.05) is 13.3 Å². The van der Waals surface area contributed by atoms with E-state index >= 15 is 0 Å². The van der Waals surface area contributed by atoms with Crippen LogP contribution in [0.5, 0.6) is 23.0 Å². The Morgan fingerprint density at radius 1 is 0.925 bits per heavy atom. The fraction of sp³-hybridized carbons (Fsp3) is 0.375. The Hall–Kier alpha value is -4.04. The van der Waals surface area contributed by atoms with E-state index in [2.05, 4.69) is 53.6 Å². The summed E-state index contributed by atoms with van der Waals surface area (Å²) in [5.74, 6) is 2.28. The van der Waals surface area contributed by atoms with Gasteiger partial charge in [-0.25, -0.2) is 0 Å². The zero-order chi connectivity index (χ0) is 28.1. The molecule has 0 atom stereocenters. The van der Waals surface area contributed by atoms with Crippen LogP contribution in [0.15, 0.2) is 66.7 Å². The van der Waals surface area contributed by atoms with Crippen molar-refractivity contribution in [3.8, 4) is 34.3 Å². The van der Waals surface area contributed by atoms with Crippen LogP contribution in [-0.2, 0) is 6.54 Å². The van der Waals surface area contributed by atoms with Crippen molar-refractivity contribution in [2.24, 2.45) is 0 Å². The van der Waals surface area contributed by atoms with Crippen molar-refractivity contribution in [3.05, 3.63) is 76.8 Å². The standard InChI is InChI=1S/C32H37N3O5/c1-4-6-17-33-18-15-27(16-19-33)39-26-10-7-23(8-11-26)30-21-24-20-28(12-13-29(24)34(30)5-2)40-31-14-9-25(35(36)37)22-32(31)38-3/h7-14,20-22,27H,4-6,15-19H2,1-3H3. The zero-order valence-electron chi connectivity index (χ0n) is 23.5. The van der Waals surface area contributed by atoms with Crippen molar-refractivity contribution >= 4 is 16.6 Å². The number of hydrogen-bond donors (Lipinski definition) is 0. The van der Waals surface area contributed by atoms with Crippen LogP contribution < -0.4 is 14.2 Å². The van der Waals surface area contributed by atoms with Crippen molar-refractivity contribution in [2.45, 2.75) is 52.2 Å². The summed E-state index contributed by atoms with van der Waals surface area (Å²) < 4.78 is 20.0. The minimum Gasteiger partial charge on any atom is -0.493 e. The molecule has 8 heteroatoms. The van der Waals surface area contributed by atoms with Gasteiger partial charge in [0.05, 0.1) is 18.1 Å². The summed E-state index contributed by atoms with van der Waals surface area (Å²) in [6.45, 7) is 8.63. The second-order valence-electron chi connectivity index (χ2n) is 10.2. The van der Waals surface area contributed by atoms with Crippen LogP contribution in [0.4, 0.5) is 5.69 Å². The number of non-ortho nitro benzene ring substituents is 1. The van der Waals surface area contributed by atoms with Crippen LogP contribution in [0.2, 0.25) is 0 Å². The van der Waals surface area contributed by atoms with Gasteiger partial charge >= 0.3 is 0 Å². The predicted molar refractivity (Wildman–Crippen MR) is 158 cm³/mol. The fourth-order valence-electron chi connectivity index (χ4n) is 5.40. The molecule has 0 spiro atoms. The normalized spacial score (nSPS) is 14.4. The fourth-order valence-corrected chi connectivity index (χ4v) is 5.40. The molecule has 40 heavy (non-hydrogen) atoms. The third-order valence-electron chi connectivity index (χ3n) is 7.59. The number of unbranched alkanes of at least 4 members (excludes halogenated alkanes) is 1. The number of benzene rings is 3. The van der Waals surface area contributed by atoms with Gasteiger partial charge in [-0.15, -0.1) is 0 Å². The highest BCUT2D eigenvalue weighted by atomic mass is 16.6. The van der Waals surface area contributed by atoms with Gasteiger partial charge in [0, 0.05) is 42.3 Å². The van der Waals surface area contributed by atoms with E-state index in [4.69, 9.17) is 14.2 Å². The number of aryl methyl sites for hydroxylation is 1.